The second-order valence-corrected chi connectivity index (χ2v) is 14.8. The van der Waals surface area contributed by atoms with E-state index in [2.05, 4.69) is 27.5 Å². The summed E-state index contributed by atoms with van der Waals surface area (Å²) in [6.07, 6.45) is 0.886. The quantitative estimate of drug-likeness (QED) is 0.178. The zero-order valence-corrected chi connectivity index (χ0v) is 32.1. The molecular formula is C41H51N5O9. The summed E-state index contributed by atoms with van der Waals surface area (Å²) >= 11 is 0. The van der Waals surface area contributed by atoms with Gasteiger partial charge in [-0.2, -0.15) is 0 Å². The van der Waals surface area contributed by atoms with Crippen LogP contribution in [-0.4, -0.2) is 109 Å². The van der Waals surface area contributed by atoms with E-state index in [9.17, 15) is 24.0 Å². The average Bonchev–Trinajstić information content (AvgIpc) is 3.62. The Morgan fingerprint density at radius 1 is 0.927 bits per heavy atom. The summed E-state index contributed by atoms with van der Waals surface area (Å²) in [6.45, 7) is 9.18. The van der Waals surface area contributed by atoms with Crippen molar-refractivity contribution in [2.75, 3.05) is 69.5 Å². The van der Waals surface area contributed by atoms with Gasteiger partial charge in [0.15, 0.2) is 0 Å². The smallest absolute Gasteiger partial charge is 0.337 e. The number of piperazine rings is 1. The number of aliphatic carboxylic acids is 2. The fourth-order valence-corrected chi connectivity index (χ4v) is 7.22. The van der Waals surface area contributed by atoms with Gasteiger partial charge in [-0.25, -0.2) is 4.79 Å². The van der Waals surface area contributed by atoms with Crippen LogP contribution in [0.4, 0.5) is 17.1 Å². The van der Waals surface area contributed by atoms with Crippen molar-refractivity contribution >= 4 is 58.1 Å². The third-order valence-corrected chi connectivity index (χ3v) is 11.3. The van der Waals surface area contributed by atoms with Crippen LogP contribution in [0.15, 0.2) is 72.8 Å². The van der Waals surface area contributed by atoms with Crippen LogP contribution in [0.1, 0.15) is 55.1 Å². The van der Waals surface area contributed by atoms with Crippen molar-refractivity contribution < 1.29 is 44.4 Å². The summed E-state index contributed by atoms with van der Waals surface area (Å²) in [5.41, 5.74) is 3.49. The minimum Gasteiger partial charge on any atom is -0.481 e. The van der Waals surface area contributed by atoms with Crippen molar-refractivity contribution in [3.8, 4) is 0 Å². The number of carbonyl (C=O) groups is 5. The highest BCUT2D eigenvalue weighted by molar-refractivity contribution is 6.37. The maximum Gasteiger partial charge on any atom is 0.337 e. The van der Waals surface area contributed by atoms with Gasteiger partial charge in [0.2, 0.25) is 5.91 Å². The van der Waals surface area contributed by atoms with Crippen LogP contribution in [0.5, 0.6) is 0 Å². The minimum absolute atomic E-state index is 0. The Kier molecular flexibility index (Phi) is 13.2. The Morgan fingerprint density at radius 2 is 1.56 bits per heavy atom. The third-order valence-electron chi connectivity index (χ3n) is 11.3. The number of ether oxygens (including phenoxy) is 1. The van der Waals surface area contributed by atoms with Crippen LogP contribution in [0.2, 0.25) is 0 Å². The Morgan fingerprint density at radius 3 is 2.11 bits per heavy atom. The van der Waals surface area contributed by atoms with E-state index in [4.69, 9.17) is 14.9 Å². The molecule has 2 unspecified atom stereocenters. The van der Waals surface area contributed by atoms with Crippen LogP contribution in [-0.2, 0) is 23.9 Å². The normalized spacial score (nSPS) is 21.1. The molecular weight excluding hydrogens is 706 g/mol. The van der Waals surface area contributed by atoms with Gasteiger partial charge in [0, 0.05) is 50.2 Å². The molecule has 6 N–H and O–H groups in total. The molecule has 14 nitrogen and oxygen atoms in total. The van der Waals surface area contributed by atoms with E-state index < -0.39 is 34.7 Å². The van der Waals surface area contributed by atoms with Crippen molar-refractivity contribution in [1.29, 1.82) is 0 Å². The molecule has 0 spiro atoms. The first-order valence-electron chi connectivity index (χ1n) is 17.9. The van der Waals surface area contributed by atoms with Gasteiger partial charge in [-0.1, -0.05) is 50.2 Å². The zero-order valence-electron chi connectivity index (χ0n) is 32.1. The molecule has 6 rings (SSSR count). The Labute approximate surface area is 321 Å². The van der Waals surface area contributed by atoms with Crippen molar-refractivity contribution in [1.82, 2.24) is 9.80 Å². The van der Waals surface area contributed by atoms with Crippen LogP contribution < -0.4 is 15.5 Å². The van der Waals surface area contributed by atoms with Gasteiger partial charge in [-0.3, -0.25) is 24.1 Å². The van der Waals surface area contributed by atoms with Crippen LogP contribution in [0.3, 0.4) is 0 Å². The molecule has 2 atom stereocenters. The number of likely N-dealkylation sites (N-methyl/N-ethyl adjacent to an activating group) is 2. The highest BCUT2D eigenvalue weighted by Crippen LogP contribution is 2.56. The minimum atomic E-state index is -0.921. The van der Waals surface area contributed by atoms with E-state index in [-0.39, 0.29) is 17.3 Å². The van der Waals surface area contributed by atoms with Gasteiger partial charge in [0.25, 0.3) is 5.91 Å². The Hall–Kier alpha value is -5.57. The number of amides is 2. The lowest BCUT2D eigenvalue weighted by atomic mass is 9.66. The highest BCUT2D eigenvalue weighted by Gasteiger charge is 2.58. The average molecular weight is 758 g/mol. The summed E-state index contributed by atoms with van der Waals surface area (Å²) in [5.74, 6) is -3.03. The summed E-state index contributed by atoms with van der Waals surface area (Å²) < 4.78 is 4.82. The maximum atomic E-state index is 13.2. The molecule has 1 aliphatic carbocycles. The molecule has 3 aromatic rings. The second-order valence-electron chi connectivity index (χ2n) is 14.8. The lowest BCUT2D eigenvalue weighted by Crippen LogP contribution is -2.48. The van der Waals surface area contributed by atoms with Gasteiger partial charge < -0.3 is 40.9 Å². The summed E-state index contributed by atoms with van der Waals surface area (Å²) in [7, 11) is 5.21. The molecule has 0 bridgehead atoms. The first-order chi connectivity index (χ1) is 25.6. The number of rotatable bonds is 9. The van der Waals surface area contributed by atoms with Crippen molar-refractivity contribution in [2.24, 2.45) is 16.7 Å². The second kappa shape index (κ2) is 17.3. The van der Waals surface area contributed by atoms with E-state index in [0.29, 0.717) is 47.5 Å². The Bertz CT molecular complexity index is 1940. The summed E-state index contributed by atoms with van der Waals surface area (Å²) in [4.78, 5) is 66.3. The third kappa shape index (κ3) is 8.88. The number of carboxylic acids is 2. The number of carboxylic acid groups (broad SMARTS) is 2. The fourth-order valence-electron chi connectivity index (χ4n) is 7.22. The number of esters is 1. The molecule has 1 saturated carbocycles. The van der Waals surface area contributed by atoms with E-state index in [0.717, 1.165) is 43.1 Å². The molecule has 0 radical (unpaired) electrons. The number of carbonyl (C=O) groups excluding carboxylic acids is 3. The first-order valence-corrected chi connectivity index (χ1v) is 17.9. The lowest BCUT2D eigenvalue weighted by Gasteiger charge is -2.36. The SMILES string of the molecule is CC1(C(=O)O)CCC(C(=O)O)C1(C)C.COC(=O)c1ccc2c(c1)NC(=O)/C2=C(\Nc1ccc(N(C)C(=O)CN2CCN(C)CC2)cc1)c1ccccc1.O. The van der Waals surface area contributed by atoms with Crippen molar-refractivity contribution in [2.45, 2.75) is 33.6 Å². The summed E-state index contributed by atoms with van der Waals surface area (Å²) in [5, 5.41) is 24.4. The molecule has 2 amide bonds. The lowest BCUT2D eigenvalue weighted by molar-refractivity contribution is -0.157. The van der Waals surface area contributed by atoms with Crippen LogP contribution in [0, 0.1) is 16.7 Å². The topological polar surface area (TPSA) is 200 Å². The van der Waals surface area contributed by atoms with Crippen molar-refractivity contribution in [3.05, 3.63) is 89.5 Å². The monoisotopic (exact) mass is 757 g/mol. The van der Waals surface area contributed by atoms with E-state index in [1.165, 1.54) is 7.11 Å². The predicted octanol–water partition coefficient (Wildman–Crippen LogP) is 4.39. The van der Waals surface area contributed by atoms with Crippen molar-refractivity contribution in [3.63, 3.8) is 0 Å². The number of fused-ring (bicyclic) bond motifs is 1. The van der Waals surface area contributed by atoms with Gasteiger partial charge in [-0.05, 0) is 74.2 Å². The Balaban J connectivity index is 0.000000380. The summed E-state index contributed by atoms with van der Waals surface area (Å²) in [6, 6.07) is 22.2. The van der Waals surface area contributed by atoms with E-state index in [1.54, 1.807) is 50.9 Å². The van der Waals surface area contributed by atoms with Crippen LogP contribution >= 0.6 is 0 Å². The number of hydrogen-bond acceptors (Lipinski definition) is 9. The molecule has 2 heterocycles. The number of methoxy groups -OCH3 is 1. The number of nitrogens with zero attached hydrogens (tertiary/aromatic N) is 3. The van der Waals surface area contributed by atoms with Gasteiger partial charge in [0.1, 0.15) is 0 Å². The molecule has 3 aromatic carbocycles. The number of anilines is 3. The van der Waals surface area contributed by atoms with Gasteiger partial charge in [-0.15, -0.1) is 0 Å². The van der Waals surface area contributed by atoms with Crippen LogP contribution in [0.25, 0.3) is 11.3 Å². The highest BCUT2D eigenvalue weighted by atomic mass is 16.5. The molecule has 1 saturated heterocycles. The number of nitrogens with one attached hydrogen (secondary N) is 2. The molecule has 2 fully saturated rings. The molecule has 55 heavy (non-hydrogen) atoms. The number of hydrogen-bond donors (Lipinski definition) is 4. The largest absolute Gasteiger partial charge is 0.481 e. The maximum absolute atomic E-state index is 13.2. The number of benzene rings is 3. The standard InChI is InChI=1S/C31H33N5O4.C10H16O4.H2O/c1-34-15-17-36(18-16-34)20-27(37)35(2)24-12-10-23(11-13-24)32-29(21-7-5-4-6-8-21)28-25-14-9-22(31(39)40-3)19-26(25)33-30(28)38;1-9(2)6(7(11)12)4-5-10(9,3)8(13)14;/h4-14,19,32H,15-18,20H2,1-3H3,(H,33,38);6H,4-5H2,1-3H3,(H,11,12)(H,13,14);1H2/b29-28-;;. The molecule has 14 heteroatoms. The molecule has 3 aliphatic rings. The van der Waals surface area contributed by atoms with Gasteiger partial charge >= 0.3 is 17.9 Å². The fraction of sp³-hybridized carbons (Fsp3) is 0.390. The molecule has 2 aliphatic heterocycles. The van der Waals surface area contributed by atoms with E-state index in [1.807, 2.05) is 54.6 Å². The van der Waals surface area contributed by atoms with E-state index >= 15 is 0 Å². The van der Waals surface area contributed by atoms with Gasteiger partial charge in [0.05, 0.1) is 47.5 Å². The molecule has 294 valence electrons. The zero-order chi connectivity index (χ0) is 39.4. The molecule has 0 aromatic heterocycles. The predicted molar refractivity (Wildman–Crippen MR) is 211 cm³/mol. The first kappa shape index (κ1) is 42.2.